The number of amides is 1. The monoisotopic (exact) mass is 192 g/mol. The summed E-state index contributed by atoms with van der Waals surface area (Å²) in [6.45, 7) is 11.3. The first-order chi connectivity index (χ1) is 6.36. The van der Waals surface area contributed by atoms with E-state index in [1.54, 1.807) is 6.92 Å². The Balaban J connectivity index is 0. The van der Waals surface area contributed by atoms with E-state index in [0.29, 0.717) is 5.57 Å². The number of hydrogen-bond donors (Lipinski definition) is 1. The molecule has 74 valence electrons. The number of allylic oxidation sites excluding steroid dienone is 2. The second-order valence-electron chi connectivity index (χ2n) is 2.30. The van der Waals surface area contributed by atoms with Crippen molar-refractivity contribution >= 4 is 11.7 Å². The summed E-state index contributed by atoms with van der Waals surface area (Å²) < 4.78 is 0. The van der Waals surface area contributed by atoms with E-state index >= 15 is 0 Å². The zero-order valence-corrected chi connectivity index (χ0v) is 8.04. The SMILES string of the molecule is C=C(C)C#N.C=CC(=O)C(=C)C(N)=O. The molecule has 0 aromatic heterocycles. The summed E-state index contributed by atoms with van der Waals surface area (Å²) in [5.74, 6) is -1.33. The average Bonchev–Trinajstić information content (AvgIpc) is 2.16. The maximum absolute atomic E-state index is 10.4. The van der Waals surface area contributed by atoms with Gasteiger partial charge >= 0.3 is 0 Å². The molecule has 2 N–H and O–H groups in total. The van der Waals surface area contributed by atoms with E-state index in [0.717, 1.165) is 6.08 Å². The van der Waals surface area contributed by atoms with E-state index in [9.17, 15) is 9.59 Å². The quantitative estimate of drug-likeness (QED) is 0.311. The molecule has 0 heterocycles. The van der Waals surface area contributed by atoms with Crippen LogP contribution in [0.15, 0.2) is 37.0 Å². The van der Waals surface area contributed by atoms with Crippen molar-refractivity contribution in [3.8, 4) is 6.07 Å². The van der Waals surface area contributed by atoms with Crippen LogP contribution in [0.2, 0.25) is 0 Å². The predicted molar refractivity (Wildman–Crippen MR) is 54.0 cm³/mol. The van der Waals surface area contributed by atoms with Crippen molar-refractivity contribution in [1.29, 1.82) is 5.26 Å². The van der Waals surface area contributed by atoms with Crippen LogP contribution >= 0.6 is 0 Å². The zero-order chi connectivity index (χ0) is 11.7. The summed E-state index contributed by atoms with van der Waals surface area (Å²) in [5, 5.41) is 7.79. The summed E-state index contributed by atoms with van der Waals surface area (Å²) in [7, 11) is 0. The number of nitrogens with two attached hydrogens (primary N) is 1. The van der Waals surface area contributed by atoms with Crippen LogP contribution in [0.5, 0.6) is 0 Å². The minimum Gasteiger partial charge on any atom is -0.365 e. The third-order valence-corrected chi connectivity index (χ3v) is 0.971. The molecule has 0 bridgehead atoms. The van der Waals surface area contributed by atoms with E-state index in [1.807, 2.05) is 6.07 Å². The van der Waals surface area contributed by atoms with Crippen LogP contribution < -0.4 is 5.73 Å². The first kappa shape index (κ1) is 14.4. The first-order valence-electron chi connectivity index (χ1n) is 3.57. The molecule has 1 amide bonds. The lowest BCUT2D eigenvalue weighted by atomic mass is 10.2. The highest BCUT2D eigenvalue weighted by molar-refractivity contribution is 6.22. The molecule has 0 aliphatic rings. The molecule has 4 nitrogen and oxygen atoms in total. The maximum atomic E-state index is 10.4. The Kier molecular flexibility index (Phi) is 7.70. The fourth-order valence-electron chi connectivity index (χ4n) is 0.245. The Morgan fingerprint density at radius 2 is 1.79 bits per heavy atom. The van der Waals surface area contributed by atoms with E-state index in [4.69, 9.17) is 11.0 Å². The normalized spacial score (nSPS) is 7.14. The van der Waals surface area contributed by atoms with Crippen molar-refractivity contribution in [2.24, 2.45) is 5.73 Å². The van der Waals surface area contributed by atoms with Crippen LogP contribution in [-0.2, 0) is 9.59 Å². The Morgan fingerprint density at radius 3 is 1.86 bits per heavy atom. The number of primary amides is 1. The topological polar surface area (TPSA) is 83.9 Å². The highest BCUT2D eigenvalue weighted by atomic mass is 16.2. The van der Waals surface area contributed by atoms with Crippen LogP contribution in [0.3, 0.4) is 0 Å². The lowest BCUT2D eigenvalue weighted by molar-refractivity contribution is -0.118. The highest BCUT2D eigenvalue weighted by Crippen LogP contribution is 1.89. The Morgan fingerprint density at radius 1 is 1.43 bits per heavy atom. The number of rotatable bonds is 3. The van der Waals surface area contributed by atoms with Gasteiger partial charge in [-0.15, -0.1) is 0 Å². The zero-order valence-electron chi connectivity index (χ0n) is 8.04. The van der Waals surface area contributed by atoms with Crippen molar-refractivity contribution in [3.63, 3.8) is 0 Å². The van der Waals surface area contributed by atoms with Gasteiger partial charge in [-0.3, -0.25) is 9.59 Å². The van der Waals surface area contributed by atoms with Crippen molar-refractivity contribution in [2.75, 3.05) is 0 Å². The van der Waals surface area contributed by atoms with Gasteiger partial charge in [0.1, 0.15) is 0 Å². The van der Waals surface area contributed by atoms with Crippen LogP contribution in [0.25, 0.3) is 0 Å². The fraction of sp³-hybridized carbons (Fsp3) is 0.100. The van der Waals surface area contributed by atoms with Gasteiger partial charge in [0, 0.05) is 5.57 Å². The maximum Gasteiger partial charge on any atom is 0.252 e. The van der Waals surface area contributed by atoms with Crippen molar-refractivity contribution in [3.05, 3.63) is 37.0 Å². The number of carbonyl (C=O) groups excluding carboxylic acids is 2. The van der Waals surface area contributed by atoms with Gasteiger partial charge in [0.25, 0.3) is 5.91 Å². The van der Waals surface area contributed by atoms with Gasteiger partial charge < -0.3 is 5.73 Å². The molecule has 0 unspecified atom stereocenters. The third kappa shape index (κ3) is 7.95. The Hall–Kier alpha value is -2.15. The largest absolute Gasteiger partial charge is 0.365 e. The van der Waals surface area contributed by atoms with Gasteiger partial charge in [-0.1, -0.05) is 19.7 Å². The number of nitriles is 1. The van der Waals surface area contributed by atoms with Gasteiger partial charge in [0.2, 0.25) is 0 Å². The van der Waals surface area contributed by atoms with Crippen LogP contribution in [0, 0.1) is 11.3 Å². The average molecular weight is 192 g/mol. The number of carbonyl (C=O) groups is 2. The molecule has 4 heteroatoms. The summed E-state index contributed by atoms with van der Waals surface area (Å²) >= 11 is 0. The molecule has 0 saturated carbocycles. The van der Waals surface area contributed by atoms with E-state index in [1.165, 1.54) is 0 Å². The fourth-order valence-corrected chi connectivity index (χ4v) is 0.245. The molecule has 0 aliphatic carbocycles. The minimum absolute atomic E-state index is 0.231. The second kappa shape index (κ2) is 7.50. The third-order valence-electron chi connectivity index (χ3n) is 0.971. The van der Waals surface area contributed by atoms with E-state index in [-0.39, 0.29) is 5.57 Å². The molecule has 0 spiro atoms. The van der Waals surface area contributed by atoms with E-state index in [2.05, 4.69) is 19.7 Å². The number of hydrogen-bond acceptors (Lipinski definition) is 3. The summed E-state index contributed by atoms with van der Waals surface area (Å²) in [5.41, 5.74) is 5.03. The molecular formula is C10H12N2O2. The molecule has 0 saturated heterocycles. The number of nitrogens with zero attached hydrogens (tertiary/aromatic N) is 1. The summed E-state index contributed by atoms with van der Waals surface area (Å²) in [6, 6.07) is 1.83. The smallest absolute Gasteiger partial charge is 0.252 e. The van der Waals surface area contributed by atoms with Crippen LogP contribution in [-0.4, -0.2) is 11.7 Å². The molecule has 0 aliphatic heterocycles. The van der Waals surface area contributed by atoms with Gasteiger partial charge in [-0.05, 0) is 13.0 Å². The molecule has 14 heavy (non-hydrogen) atoms. The molecule has 0 atom stereocenters. The molecule has 0 radical (unpaired) electrons. The van der Waals surface area contributed by atoms with Gasteiger partial charge in [-0.25, -0.2) is 0 Å². The van der Waals surface area contributed by atoms with Crippen LogP contribution in [0.4, 0.5) is 0 Å². The van der Waals surface area contributed by atoms with E-state index < -0.39 is 11.7 Å². The van der Waals surface area contributed by atoms with Crippen molar-refractivity contribution < 1.29 is 9.59 Å². The Labute approximate surface area is 83.0 Å². The first-order valence-corrected chi connectivity index (χ1v) is 3.57. The van der Waals surface area contributed by atoms with Gasteiger partial charge in [-0.2, -0.15) is 5.26 Å². The molecule has 0 rings (SSSR count). The standard InChI is InChI=1S/C6H7NO2.C4H5N/c1-3-5(8)4(2)6(7)9;1-4(2)3-5/h3H,1-2H2,(H2,7,9);1H2,2H3. The molecule has 0 fully saturated rings. The second-order valence-corrected chi connectivity index (χ2v) is 2.30. The predicted octanol–water partition coefficient (Wildman–Crippen LogP) is 0.869. The van der Waals surface area contributed by atoms with Crippen LogP contribution in [0.1, 0.15) is 6.92 Å². The number of ketones is 1. The van der Waals surface area contributed by atoms with Crippen molar-refractivity contribution in [1.82, 2.24) is 0 Å². The lowest BCUT2D eigenvalue weighted by Gasteiger charge is -1.90. The minimum atomic E-state index is -0.806. The van der Waals surface area contributed by atoms with Gasteiger partial charge in [0.05, 0.1) is 11.6 Å². The van der Waals surface area contributed by atoms with Gasteiger partial charge in [0.15, 0.2) is 5.78 Å². The lowest BCUT2D eigenvalue weighted by Crippen LogP contribution is -2.18. The molecular weight excluding hydrogens is 180 g/mol. The molecule has 0 aromatic carbocycles. The summed E-state index contributed by atoms with van der Waals surface area (Å²) in [4.78, 5) is 20.6. The highest BCUT2D eigenvalue weighted by Gasteiger charge is 2.06. The molecule has 0 aromatic rings. The van der Waals surface area contributed by atoms with Crippen molar-refractivity contribution in [2.45, 2.75) is 6.92 Å². The summed E-state index contributed by atoms with van der Waals surface area (Å²) in [6.07, 6.45) is 0.993. The Bertz CT molecular complexity index is 322.